The van der Waals surface area contributed by atoms with Gasteiger partial charge in [0, 0.05) is 17.1 Å². The van der Waals surface area contributed by atoms with Gasteiger partial charge in [0.15, 0.2) is 0 Å². The molecular weight excluding hydrogens is 362 g/mol. The number of hydrogen-bond donors (Lipinski definition) is 0. The Morgan fingerprint density at radius 1 is 0.700 bits per heavy atom. The zero-order valence-electron chi connectivity index (χ0n) is 18.0. The van der Waals surface area contributed by atoms with Crippen LogP contribution in [0.5, 0.6) is 0 Å². The lowest BCUT2D eigenvalue weighted by Crippen LogP contribution is -2.14. The SMILES string of the molecule is CC(C)(C)c1ccc2c(-c3cc4c5c(c3)CCc3cccc(c3-5)CC4)nccc2c1. The van der Waals surface area contributed by atoms with E-state index >= 15 is 0 Å². The molecular formula is C29H27N. The van der Waals surface area contributed by atoms with Crippen LogP contribution in [0, 0.1) is 0 Å². The predicted octanol–water partition coefficient (Wildman–Crippen LogP) is 7.06. The maximum absolute atomic E-state index is 4.85. The summed E-state index contributed by atoms with van der Waals surface area (Å²) in [6, 6.07) is 20.8. The first-order chi connectivity index (χ1) is 14.5. The van der Waals surface area contributed by atoms with Crippen molar-refractivity contribution in [1.82, 2.24) is 4.98 Å². The van der Waals surface area contributed by atoms with Gasteiger partial charge >= 0.3 is 0 Å². The lowest BCUT2D eigenvalue weighted by molar-refractivity contribution is 0.591. The molecule has 30 heavy (non-hydrogen) atoms. The third-order valence-electron chi connectivity index (χ3n) is 7.02. The summed E-state index contributed by atoms with van der Waals surface area (Å²) >= 11 is 0. The van der Waals surface area contributed by atoms with Crippen LogP contribution < -0.4 is 0 Å². The molecule has 1 aromatic heterocycles. The molecule has 0 amide bonds. The van der Waals surface area contributed by atoms with E-state index in [2.05, 4.69) is 75.4 Å². The largest absolute Gasteiger partial charge is 0.256 e. The van der Waals surface area contributed by atoms with E-state index in [1.165, 1.54) is 55.3 Å². The standard InChI is InChI=1S/C29H27N/c1-29(2,3)24-11-12-25-20(17-24)13-14-30-28(25)23-15-21-9-7-18-5-4-6-19-8-10-22(16-23)27(21)26(18)19/h4-6,11-17H,7-10H2,1-3H3. The molecule has 0 atom stereocenters. The van der Waals surface area contributed by atoms with E-state index in [9.17, 15) is 0 Å². The van der Waals surface area contributed by atoms with Crippen LogP contribution in [0.2, 0.25) is 0 Å². The van der Waals surface area contributed by atoms with Gasteiger partial charge in [-0.25, -0.2) is 0 Å². The van der Waals surface area contributed by atoms with Crippen LogP contribution >= 0.6 is 0 Å². The molecule has 0 fully saturated rings. The van der Waals surface area contributed by atoms with Gasteiger partial charge in [0.2, 0.25) is 0 Å². The molecule has 2 aliphatic carbocycles. The summed E-state index contributed by atoms with van der Waals surface area (Å²) in [6.45, 7) is 6.82. The van der Waals surface area contributed by atoms with Crippen LogP contribution in [0.3, 0.4) is 0 Å². The average molecular weight is 390 g/mol. The summed E-state index contributed by atoms with van der Waals surface area (Å²) in [5.41, 5.74) is 13.1. The zero-order valence-corrected chi connectivity index (χ0v) is 18.0. The van der Waals surface area contributed by atoms with Crippen molar-refractivity contribution in [2.75, 3.05) is 0 Å². The molecule has 0 radical (unpaired) electrons. The fourth-order valence-electron chi connectivity index (χ4n) is 5.42. The van der Waals surface area contributed by atoms with E-state index < -0.39 is 0 Å². The first-order valence-electron chi connectivity index (χ1n) is 11.2. The van der Waals surface area contributed by atoms with Gasteiger partial charge in [0.05, 0.1) is 5.69 Å². The molecule has 0 saturated carbocycles. The van der Waals surface area contributed by atoms with Gasteiger partial charge in [0.25, 0.3) is 0 Å². The molecule has 6 rings (SSSR count). The molecule has 0 bridgehead atoms. The minimum atomic E-state index is 0.152. The Balaban J connectivity index is 1.55. The summed E-state index contributed by atoms with van der Waals surface area (Å²) in [4.78, 5) is 4.85. The molecule has 1 nitrogen and oxygen atoms in total. The van der Waals surface area contributed by atoms with Crippen molar-refractivity contribution < 1.29 is 0 Å². The fourth-order valence-corrected chi connectivity index (χ4v) is 5.42. The minimum absolute atomic E-state index is 0.152. The molecule has 4 aromatic rings. The molecule has 0 spiro atoms. The third kappa shape index (κ3) is 2.65. The van der Waals surface area contributed by atoms with E-state index in [4.69, 9.17) is 4.98 Å². The molecule has 1 heteroatoms. The molecule has 148 valence electrons. The predicted molar refractivity (Wildman–Crippen MR) is 126 cm³/mol. The van der Waals surface area contributed by atoms with Gasteiger partial charge in [-0.3, -0.25) is 4.98 Å². The van der Waals surface area contributed by atoms with Crippen molar-refractivity contribution in [3.63, 3.8) is 0 Å². The summed E-state index contributed by atoms with van der Waals surface area (Å²) < 4.78 is 0. The van der Waals surface area contributed by atoms with Crippen molar-refractivity contribution in [2.24, 2.45) is 0 Å². The minimum Gasteiger partial charge on any atom is -0.256 e. The molecule has 0 unspecified atom stereocenters. The highest BCUT2D eigenvalue weighted by molar-refractivity contribution is 5.96. The molecule has 0 aliphatic heterocycles. The highest BCUT2D eigenvalue weighted by Gasteiger charge is 2.26. The van der Waals surface area contributed by atoms with Gasteiger partial charge in [0.1, 0.15) is 0 Å². The van der Waals surface area contributed by atoms with Gasteiger partial charge in [-0.1, -0.05) is 57.2 Å². The average Bonchev–Trinajstić information content (AvgIpc) is 2.76. The van der Waals surface area contributed by atoms with Crippen molar-refractivity contribution in [3.8, 4) is 22.4 Å². The number of nitrogens with zero attached hydrogens (tertiary/aromatic N) is 1. The monoisotopic (exact) mass is 389 g/mol. The molecule has 1 heterocycles. The number of benzene rings is 3. The molecule has 2 aliphatic rings. The van der Waals surface area contributed by atoms with E-state index in [-0.39, 0.29) is 5.41 Å². The van der Waals surface area contributed by atoms with E-state index in [1.807, 2.05) is 6.20 Å². The number of fused-ring (bicyclic) bond motifs is 1. The fraction of sp³-hybridized carbons (Fsp3) is 0.276. The van der Waals surface area contributed by atoms with Gasteiger partial charge < -0.3 is 0 Å². The smallest absolute Gasteiger partial charge is 0.0780 e. The second-order valence-electron chi connectivity index (χ2n) is 9.97. The van der Waals surface area contributed by atoms with Crippen LogP contribution in [0.25, 0.3) is 33.2 Å². The number of hydrogen-bond acceptors (Lipinski definition) is 1. The Morgan fingerprint density at radius 2 is 1.33 bits per heavy atom. The van der Waals surface area contributed by atoms with Crippen LogP contribution in [0.4, 0.5) is 0 Å². The highest BCUT2D eigenvalue weighted by atomic mass is 14.7. The highest BCUT2D eigenvalue weighted by Crippen LogP contribution is 2.44. The van der Waals surface area contributed by atoms with E-state index in [0.29, 0.717) is 0 Å². The van der Waals surface area contributed by atoms with Gasteiger partial charge in [-0.2, -0.15) is 0 Å². The van der Waals surface area contributed by atoms with Crippen molar-refractivity contribution in [2.45, 2.75) is 51.9 Å². The van der Waals surface area contributed by atoms with Crippen molar-refractivity contribution in [1.29, 1.82) is 0 Å². The number of pyridine rings is 1. The van der Waals surface area contributed by atoms with Crippen molar-refractivity contribution in [3.05, 3.63) is 88.6 Å². The Labute approximate surface area is 178 Å². The Hall–Kier alpha value is -2.93. The number of aromatic nitrogens is 1. The van der Waals surface area contributed by atoms with Crippen molar-refractivity contribution >= 4 is 10.8 Å². The van der Waals surface area contributed by atoms with Crippen LogP contribution in [0.1, 0.15) is 48.6 Å². The zero-order chi connectivity index (χ0) is 20.5. The number of aryl methyl sites for hydroxylation is 4. The number of rotatable bonds is 1. The van der Waals surface area contributed by atoms with E-state index in [1.54, 1.807) is 0 Å². The first-order valence-corrected chi connectivity index (χ1v) is 11.2. The summed E-state index contributed by atoms with van der Waals surface area (Å²) in [6.07, 6.45) is 6.54. The summed E-state index contributed by atoms with van der Waals surface area (Å²) in [5, 5.41) is 2.54. The first kappa shape index (κ1) is 17.9. The summed E-state index contributed by atoms with van der Waals surface area (Å²) in [5.74, 6) is 0. The summed E-state index contributed by atoms with van der Waals surface area (Å²) in [7, 11) is 0. The molecule has 3 aromatic carbocycles. The lowest BCUT2D eigenvalue weighted by Gasteiger charge is -2.30. The Morgan fingerprint density at radius 3 is 2.00 bits per heavy atom. The maximum Gasteiger partial charge on any atom is 0.0780 e. The molecule has 0 saturated heterocycles. The quantitative estimate of drug-likeness (QED) is 0.339. The molecule has 0 N–H and O–H groups in total. The Kier molecular flexibility index (Phi) is 3.75. The van der Waals surface area contributed by atoms with Crippen LogP contribution in [0.15, 0.2) is 60.8 Å². The van der Waals surface area contributed by atoms with Crippen LogP contribution in [-0.4, -0.2) is 4.98 Å². The second kappa shape index (κ2) is 6.28. The topological polar surface area (TPSA) is 12.9 Å². The normalized spacial score (nSPS) is 14.6. The third-order valence-corrected chi connectivity index (χ3v) is 7.02. The second-order valence-corrected chi connectivity index (χ2v) is 9.97. The lowest BCUT2D eigenvalue weighted by atomic mass is 9.74. The van der Waals surface area contributed by atoms with E-state index in [0.717, 1.165) is 31.4 Å². The van der Waals surface area contributed by atoms with Gasteiger partial charge in [-0.05, 0) is 93.6 Å². The maximum atomic E-state index is 4.85. The van der Waals surface area contributed by atoms with Gasteiger partial charge in [-0.15, -0.1) is 0 Å². The Bertz CT molecular complexity index is 1270. The van der Waals surface area contributed by atoms with Crippen LogP contribution in [-0.2, 0) is 31.1 Å².